The minimum Gasteiger partial charge on any atom is -0.351 e. The molecule has 1 aromatic rings. The fraction of sp³-hybridized carbons (Fsp3) is 0.562. The molecule has 9 heteroatoms. The van der Waals surface area contributed by atoms with Gasteiger partial charge >= 0.3 is 0 Å². The maximum atomic E-state index is 12.2. The highest BCUT2D eigenvalue weighted by Crippen LogP contribution is 2.19. The van der Waals surface area contributed by atoms with E-state index in [9.17, 15) is 21.6 Å². The lowest BCUT2D eigenvalue weighted by Gasteiger charge is -2.25. The van der Waals surface area contributed by atoms with E-state index in [-0.39, 0.29) is 30.5 Å². The first-order valence-electron chi connectivity index (χ1n) is 8.02. The lowest BCUT2D eigenvalue weighted by Crippen LogP contribution is -2.44. The number of hydrogen-bond donors (Lipinski definition) is 1. The largest absolute Gasteiger partial charge is 0.351 e. The lowest BCUT2D eigenvalue weighted by molar-refractivity contribution is 0.0950. The van der Waals surface area contributed by atoms with Crippen molar-refractivity contribution in [3.05, 3.63) is 34.9 Å². The van der Waals surface area contributed by atoms with Crippen LogP contribution in [0.25, 0.3) is 0 Å². The van der Waals surface area contributed by atoms with Crippen molar-refractivity contribution in [2.24, 2.45) is 0 Å². The average Bonchev–Trinajstić information content (AvgIpc) is 2.84. The number of sulfone groups is 1. The molecule has 2 rings (SSSR count). The van der Waals surface area contributed by atoms with Crippen molar-refractivity contribution in [2.75, 3.05) is 30.9 Å². The summed E-state index contributed by atoms with van der Waals surface area (Å²) in [5, 5.41) is 2.70. The van der Waals surface area contributed by atoms with Crippen molar-refractivity contribution in [1.29, 1.82) is 0 Å². The normalized spacial score (nSPS) is 19.9. The van der Waals surface area contributed by atoms with Crippen LogP contribution in [0.3, 0.4) is 0 Å². The second-order valence-corrected chi connectivity index (χ2v) is 10.6. The molecule has 1 heterocycles. The molecule has 1 saturated heterocycles. The Labute approximate surface area is 149 Å². The van der Waals surface area contributed by atoms with Crippen LogP contribution in [-0.4, -0.2) is 63.9 Å². The molecule has 1 N–H and O–H groups in total. The SMILES string of the molecule is Cc1ccc(C(=O)NCCN(C2CCS(=O)(=O)C2)S(C)(=O)=O)cc1C. The van der Waals surface area contributed by atoms with Crippen LogP contribution in [0.15, 0.2) is 18.2 Å². The fourth-order valence-corrected chi connectivity index (χ4v) is 5.86. The quantitative estimate of drug-likeness (QED) is 0.764. The molecule has 0 aromatic heterocycles. The van der Waals surface area contributed by atoms with Crippen molar-refractivity contribution in [3.63, 3.8) is 0 Å². The number of nitrogens with one attached hydrogen (secondary N) is 1. The molecule has 1 aliphatic heterocycles. The molecule has 7 nitrogen and oxygen atoms in total. The smallest absolute Gasteiger partial charge is 0.251 e. The van der Waals surface area contributed by atoms with Gasteiger partial charge in [0.1, 0.15) is 0 Å². The molecule has 1 aromatic carbocycles. The summed E-state index contributed by atoms with van der Waals surface area (Å²) in [5.74, 6) is -0.445. The highest BCUT2D eigenvalue weighted by atomic mass is 32.2. The van der Waals surface area contributed by atoms with Gasteiger partial charge in [0.25, 0.3) is 5.91 Å². The number of carbonyl (C=O) groups excluding carboxylic acids is 1. The predicted molar refractivity (Wildman–Crippen MR) is 96.9 cm³/mol. The highest BCUT2D eigenvalue weighted by Gasteiger charge is 2.36. The number of sulfonamides is 1. The molecule has 1 amide bonds. The van der Waals surface area contributed by atoms with E-state index in [1.54, 1.807) is 12.1 Å². The Bertz CT molecular complexity index is 863. The molecular formula is C16H24N2O5S2. The Morgan fingerprint density at radius 1 is 1.28 bits per heavy atom. The molecule has 1 aliphatic rings. The second kappa shape index (κ2) is 7.43. The van der Waals surface area contributed by atoms with E-state index in [2.05, 4.69) is 5.32 Å². The van der Waals surface area contributed by atoms with Gasteiger partial charge in [0.05, 0.1) is 17.8 Å². The van der Waals surface area contributed by atoms with E-state index in [1.807, 2.05) is 19.9 Å². The molecule has 1 fully saturated rings. The Morgan fingerprint density at radius 3 is 2.48 bits per heavy atom. The molecule has 0 spiro atoms. The van der Waals surface area contributed by atoms with Crippen LogP contribution in [0.2, 0.25) is 0 Å². The zero-order chi connectivity index (χ0) is 18.8. The van der Waals surface area contributed by atoms with Crippen molar-refractivity contribution >= 4 is 25.8 Å². The standard InChI is InChI=1S/C16H24N2O5S2/c1-12-4-5-14(10-13(12)2)16(19)17-7-8-18(24(3,20)21)15-6-9-25(22,23)11-15/h4-5,10,15H,6-9,11H2,1-3H3,(H,17,19). The van der Waals surface area contributed by atoms with E-state index in [0.717, 1.165) is 17.4 Å². The van der Waals surface area contributed by atoms with Crippen LogP contribution in [0.1, 0.15) is 27.9 Å². The number of aryl methyl sites for hydroxylation is 2. The van der Waals surface area contributed by atoms with Gasteiger partial charge in [0, 0.05) is 24.7 Å². The molecular weight excluding hydrogens is 364 g/mol. The highest BCUT2D eigenvalue weighted by molar-refractivity contribution is 7.92. The van der Waals surface area contributed by atoms with E-state index >= 15 is 0 Å². The predicted octanol–water partition coefficient (Wildman–Crippen LogP) is 0.482. The summed E-state index contributed by atoms with van der Waals surface area (Å²) >= 11 is 0. The van der Waals surface area contributed by atoms with E-state index in [4.69, 9.17) is 0 Å². The van der Waals surface area contributed by atoms with E-state index < -0.39 is 25.9 Å². The molecule has 0 bridgehead atoms. The number of hydrogen-bond acceptors (Lipinski definition) is 5. The summed E-state index contributed by atoms with van der Waals surface area (Å²) in [6.07, 6.45) is 1.35. The van der Waals surface area contributed by atoms with Gasteiger partial charge in [-0.1, -0.05) is 6.07 Å². The Hall–Kier alpha value is -1.45. The Balaban J connectivity index is 1.99. The van der Waals surface area contributed by atoms with Crippen LogP contribution >= 0.6 is 0 Å². The van der Waals surface area contributed by atoms with E-state index in [0.29, 0.717) is 12.0 Å². The summed E-state index contributed by atoms with van der Waals surface area (Å²) in [5.41, 5.74) is 2.60. The third kappa shape index (κ3) is 5.26. The second-order valence-electron chi connectivity index (χ2n) is 6.49. The lowest BCUT2D eigenvalue weighted by atomic mass is 10.1. The maximum Gasteiger partial charge on any atom is 0.251 e. The summed E-state index contributed by atoms with van der Waals surface area (Å²) < 4.78 is 48.3. The third-order valence-electron chi connectivity index (χ3n) is 4.43. The Kier molecular flexibility index (Phi) is 5.90. The van der Waals surface area contributed by atoms with Crippen molar-refractivity contribution in [3.8, 4) is 0 Å². The molecule has 140 valence electrons. The van der Waals surface area contributed by atoms with Crippen LogP contribution in [0.4, 0.5) is 0 Å². The molecule has 0 aliphatic carbocycles. The number of nitrogens with zero attached hydrogens (tertiary/aromatic N) is 1. The van der Waals surface area contributed by atoms with Gasteiger partial charge in [-0.3, -0.25) is 4.79 Å². The first kappa shape index (κ1) is 19.9. The number of benzene rings is 1. The monoisotopic (exact) mass is 388 g/mol. The van der Waals surface area contributed by atoms with Gasteiger partial charge < -0.3 is 5.32 Å². The molecule has 0 saturated carbocycles. The number of carbonyl (C=O) groups is 1. The zero-order valence-electron chi connectivity index (χ0n) is 14.6. The fourth-order valence-electron chi connectivity index (χ4n) is 2.89. The molecule has 25 heavy (non-hydrogen) atoms. The topological polar surface area (TPSA) is 101 Å². The minimum absolute atomic E-state index is 0.00130. The van der Waals surface area contributed by atoms with Gasteiger partial charge in [-0.2, -0.15) is 4.31 Å². The minimum atomic E-state index is -3.56. The summed E-state index contributed by atoms with van der Waals surface area (Å²) in [6, 6.07) is 4.80. The first-order chi connectivity index (χ1) is 11.5. The van der Waals surface area contributed by atoms with Gasteiger partial charge in [0.2, 0.25) is 10.0 Å². The van der Waals surface area contributed by atoms with Gasteiger partial charge in [0.15, 0.2) is 9.84 Å². The molecule has 1 atom stereocenters. The van der Waals surface area contributed by atoms with Crippen molar-refractivity contribution in [2.45, 2.75) is 26.3 Å². The van der Waals surface area contributed by atoms with Crippen LogP contribution in [0, 0.1) is 13.8 Å². The number of rotatable bonds is 6. The summed E-state index contributed by atoms with van der Waals surface area (Å²) in [6.45, 7) is 4.04. The van der Waals surface area contributed by atoms with Gasteiger partial charge in [-0.25, -0.2) is 16.8 Å². The zero-order valence-corrected chi connectivity index (χ0v) is 16.3. The Morgan fingerprint density at radius 2 is 1.96 bits per heavy atom. The van der Waals surface area contributed by atoms with Crippen LogP contribution < -0.4 is 5.32 Å². The van der Waals surface area contributed by atoms with Crippen molar-refractivity contribution in [1.82, 2.24) is 9.62 Å². The van der Waals surface area contributed by atoms with Crippen molar-refractivity contribution < 1.29 is 21.6 Å². The maximum absolute atomic E-state index is 12.2. The van der Waals surface area contributed by atoms with Gasteiger partial charge in [-0.15, -0.1) is 0 Å². The molecule has 1 unspecified atom stereocenters. The first-order valence-corrected chi connectivity index (χ1v) is 11.7. The average molecular weight is 389 g/mol. The van der Waals surface area contributed by atoms with Crippen LogP contribution in [-0.2, 0) is 19.9 Å². The van der Waals surface area contributed by atoms with Gasteiger partial charge in [-0.05, 0) is 43.5 Å². The van der Waals surface area contributed by atoms with Crippen LogP contribution in [0.5, 0.6) is 0 Å². The summed E-state index contributed by atoms with van der Waals surface area (Å²) in [7, 11) is -6.74. The number of amides is 1. The molecule has 0 radical (unpaired) electrons. The van der Waals surface area contributed by atoms with E-state index in [1.165, 1.54) is 4.31 Å². The summed E-state index contributed by atoms with van der Waals surface area (Å²) in [4.78, 5) is 12.2. The third-order valence-corrected chi connectivity index (χ3v) is 7.51.